The molecule has 0 fully saturated rings. The number of anilines is 1. The van der Waals surface area contributed by atoms with Crippen LogP contribution in [0.4, 0.5) is 23.2 Å². The van der Waals surface area contributed by atoms with E-state index < -0.39 is 64.2 Å². The monoisotopic (exact) mass is 655 g/mol. The maximum Gasteiger partial charge on any atom is 0.416 e. The topological polar surface area (TPSA) is 86.8 Å². The SMILES string of the molecule is CCCNC(=O)C(Cc1ccccc1)N(Cc1ccccc1F)C(=O)CN(c1cccc(C(F)(F)F)c1)S(=O)(=O)c1ccccc1. The van der Waals surface area contributed by atoms with Gasteiger partial charge in [0.25, 0.3) is 10.0 Å². The van der Waals surface area contributed by atoms with Crippen LogP contribution in [0.2, 0.25) is 0 Å². The fourth-order valence-electron chi connectivity index (χ4n) is 4.82. The van der Waals surface area contributed by atoms with E-state index in [1.807, 2.05) is 6.92 Å². The van der Waals surface area contributed by atoms with Crippen LogP contribution in [0.3, 0.4) is 0 Å². The molecular weight excluding hydrogens is 622 g/mol. The third kappa shape index (κ3) is 8.51. The molecule has 0 aliphatic carbocycles. The molecule has 0 aliphatic heterocycles. The Morgan fingerprint density at radius 2 is 1.48 bits per heavy atom. The molecule has 0 radical (unpaired) electrons. The lowest BCUT2D eigenvalue weighted by Crippen LogP contribution is -2.53. The number of sulfonamides is 1. The fraction of sp³-hybridized carbons (Fsp3) is 0.235. The van der Waals surface area contributed by atoms with Gasteiger partial charge in [0.15, 0.2) is 0 Å². The zero-order valence-corrected chi connectivity index (χ0v) is 25.8. The van der Waals surface area contributed by atoms with Crippen LogP contribution >= 0.6 is 0 Å². The number of carbonyl (C=O) groups is 2. The summed E-state index contributed by atoms with van der Waals surface area (Å²) in [4.78, 5) is 28.7. The second-order valence-electron chi connectivity index (χ2n) is 10.5. The smallest absolute Gasteiger partial charge is 0.354 e. The molecule has 1 N–H and O–H groups in total. The van der Waals surface area contributed by atoms with Crippen molar-refractivity contribution in [1.82, 2.24) is 10.2 Å². The molecule has 0 saturated carbocycles. The van der Waals surface area contributed by atoms with Gasteiger partial charge in [-0.3, -0.25) is 13.9 Å². The Bertz CT molecular complexity index is 1740. The van der Waals surface area contributed by atoms with E-state index in [-0.39, 0.29) is 23.4 Å². The van der Waals surface area contributed by atoms with Gasteiger partial charge in [-0.2, -0.15) is 13.2 Å². The van der Waals surface area contributed by atoms with Crippen LogP contribution in [0, 0.1) is 5.82 Å². The molecule has 0 aliphatic rings. The first-order valence-electron chi connectivity index (χ1n) is 14.5. The lowest BCUT2D eigenvalue weighted by molar-refractivity contribution is -0.140. The molecule has 12 heteroatoms. The molecule has 0 bridgehead atoms. The summed E-state index contributed by atoms with van der Waals surface area (Å²) in [7, 11) is -4.60. The number of hydrogen-bond acceptors (Lipinski definition) is 4. The molecule has 0 aromatic heterocycles. The standard InChI is InChI=1S/C34H33F4N3O4S/c1-2-20-39-33(43)31(21-25-12-5-3-6-13-25)40(23-26-14-9-10-19-30(26)35)32(42)24-41(46(44,45)29-17-7-4-8-18-29)28-16-11-15-27(22-28)34(36,37)38/h3-19,22,31H,2,20-21,23-24H2,1H3,(H,39,43). The Balaban J connectivity index is 1.84. The van der Waals surface area contributed by atoms with Gasteiger partial charge in [-0.15, -0.1) is 0 Å². The zero-order valence-electron chi connectivity index (χ0n) is 25.0. The number of carbonyl (C=O) groups excluding carboxylic acids is 2. The molecule has 4 rings (SSSR count). The summed E-state index contributed by atoms with van der Waals surface area (Å²) in [6.07, 6.45) is -4.20. The third-order valence-electron chi connectivity index (χ3n) is 7.19. The predicted molar refractivity (Wildman–Crippen MR) is 167 cm³/mol. The van der Waals surface area contributed by atoms with Gasteiger partial charge in [0.2, 0.25) is 11.8 Å². The number of amides is 2. The van der Waals surface area contributed by atoms with Crippen molar-refractivity contribution in [1.29, 1.82) is 0 Å². The summed E-state index contributed by atoms with van der Waals surface area (Å²) >= 11 is 0. The van der Waals surface area contributed by atoms with Crippen molar-refractivity contribution in [3.8, 4) is 0 Å². The normalized spacial score (nSPS) is 12.3. The second-order valence-corrected chi connectivity index (χ2v) is 12.3. The second kappa shape index (κ2) is 15.0. The number of hydrogen-bond donors (Lipinski definition) is 1. The summed E-state index contributed by atoms with van der Waals surface area (Å²) in [6.45, 7) is 0.741. The van der Waals surface area contributed by atoms with E-state index in [1.165, 1.54) is 42.5 Å². The highest BCUT2D eigenvalue weighted by Gasteiger charge is 2.36. The average molecular weight is 656 g/mol. The number of halogens is 4. The van der Waals surface area contributed by atoms with Crippen LogP contribution in [0.25, 0.3) is 0 Å². The van der Waals surface area contributed by atoms with Crippen LogP contribution < -0.4 is 9.62 Å². The van der Waals surface area contributed by atoms with Gasteiger partial charge in [0.1, 0.15) is 18.4 Å². The molecule has 0 saturated heterocycles. The molecular formula is C34H33F4N3O4S. The van der Waals surface area contributed by atoms with Crippen molar-refractivity contribution < 1.29 is 35.6 Å². The first-order valence-corrected chi connectivity index (χ1v) is 16.0. The van der Waals surface area contributed by atoms with E-state index in [2.05, 4.69) is 5.32 Å². The first-order chi connectivity index (χ1) is 21.9. The van der Waals surface area contributed by atoms with Crippen molar-refractivity contribution in [3.05, 3.63) is 132 Å². The third-order valence-corrected chi connectivity index (χ3v) is 8.98. The van der Waals surface area contributed by atoms with Crippen LogP contribution in [0.1, 0.15) is 30.0 Å². The van der Waals surface area contributed by atoms with Crippen molar-refractivity contribution in [2.24, 2.45) is 0 Å². The molecule has 0 heterocycles. The van der Waals surface area contributed by atoms with E-state index in [1.54, 1.807) is 42.5 Å². The maximum atomic E-state index is 15.0. The largest absolute Gasteiger partial charge is 0.416 e. The summed E-state index contributed by atoms with van der Waals surface area (Å²) in [5.41, 5.74) is -0.784. The van der Waals surface area contributed by atoms with Gasteiger partial charge in [0, 0.05) is 25.1 Å². The molecule has 0 spiro atoms. The van der Waals surface area contributed by atoms with Gasteiger partial charge in [0.05, 0.1) is 16.1 Å². The van der Waals surface area contributed by atoms with E-state index in [4.69, 9.17) is 0 Å². The van der Waals surface area contributed by atoms with Gasteiger partial charge in [-0.25, -0.2) is 12.8 Å². The summed E-state index contributed by atoms with van der Waals surface area (Å²) < 4.78 is 84.5. The van der Waals surface area contributed by atoms with Gasteiger partial charge in [-0.1, -0.05) is 79.7 Å². The van der Waals surface area contributed by atoms with Gasteiger partial charge in [-0.05, 0) is 48.4 Å². The molecule has 7 nitrogen and oxygen atoms in total. The average Bonchev–Trinajstić information content (AvgIpc) is 3.05. The molecule has 2 amide bonds. The Hall–Kier alpha value is -4.71. The summed E-state index contributed by atoms with van der Waals surface area (Å²) in [6, 6.07) is 23.8. The minimum absolute atomic E-state index is 0.00553. The summed E-state index contributed by atoms with van der Waals surface area (Å²) in [5.74, 6) is -2.13. The molecule has 1 unspecified atom stereocenters. The predicted octanol–water partition coefficient (Wildman–Crippen LogP) is 6.21. The lowest BCUT2D eigenvalue weighted by atomic mass is 10.0. The van der Waals surface area contributed by atoms with Crippen LogP contribution in [-0.4, -0.2) is 44.3 Å². The van der Waals surface area contributed by atoms with E-state index in [9.17, 15) is 35.6 Å². The van der Waals surface area contributed by atoms with Crippen molar-refractivity contribution in [3.63, 3.8) is 0 Å². The zero-order chi connectivity index (χ0) is 33.3. The molecule has 4 aromatic rings. The number of benzene rings is 4. The number of nitrogens with one attached hydrogen (secondary N) is 1. The first kappa shape index (κ1) is 34.2. The highest BCUT2D eigenvalue weighted by molar-refractivity contribution is 7.92. The number of nitrogens with zero attached hydrogens (tertiary/aromatic N) is 2. The highest BCUT2D eigenvalue weighted by Crippen LogP contribution is 2.33. The quantitative estimate of drug-likeness (QED) is 0.174. The lowest BCUT2D eigenvalue weighted by Gasteiger charge is -2.34. The Labute approximate surface area is 265 Å². The Kier molecular flexibility index (Phi) is 11.2. The molecule has 46 heavy (non-hydrogen) atoms. The van der Waals surface area contributed by atoms with E-state index in [0.717, 1.165) is 23.1 Å². The summed E-state index contributed by atoms with van der Waals surface area (Å²) in [5, 5.41) is 2.77. The van der Waals surface area contributed by atoms with E-state index in [0.29, 0.717) is 22.4 Å². The van der Waals surface area contributed by atoms with Gasteiger partial charge < -0.3 is 10.2 Å². The molecule has 1 atom stereocenters. The van der Waals surface area contributed by atoms with E-state index >= 15 is 0 Å². The van der Waals surface area contributed by atoms with Crippen LogP contribution in [0.15, 0.2) is 114 Å². The number of rotatable bonds is 13. The highest BCUT2D eigenvalue weighted by atomic mass is 32.2. The maximum absolute atomic E-state index is 15.0. The van der Waals surface area contributed by atoms with Gasteiger partial charge >= 0.3 is 6.18 Å². The van der Waals surface area contributed by atoms with Crippen LogP contribution in [-0.2, 0) is 38.8 Å². The van der Waals surface area contributed by atoms with Crippen molar-refractivity contribution >= 4 is 27.5 Å². The molecule has 4 aromatic carbocycles. The Morgan fingerprint density at radius 3 is 2.11 bits per heavy atom. The minimum atomic E-state index is -4.79. The minimum Gasteiger partial charge on any atom is -0.354 e. The van der Waals surface area contributed by atoms with Crippen molar-refractivity contribution in [2.75, 3.05) is 17.4 Å². The fourth-order valence-corrected chi connectivity index (χ4v) is 6.24. The Morgan fingerprint density at radius 1 is 0.848 bits per heavy atom. The number of alkyl halides is 3. The van der Waals surface area contributed by atoms with Crippen molar-refractivity contribution in [2.45, 2.75) is 43.4 Å². The van der Waals surface area contributed by atoms with Crippen LogP contribution in [0.5, 0.6) is 0 Å². The molecule has 242 valence electrons.